The van der Waals surface area contributed by atoms with Crippen molar-refractivity contribution in [2.75, 3.05) is 0 Å². The second-order valence-electron chi connectivity index (χ2n) is 6.79. The molecule has 0 aromatic heterocycles. The molecule has 1 aliphatic carbocycles. The van der Waals surface area contributed by atoms with Gasteiger partial charge in [0.2, 0.25) is 0 Å². The van der Waals surface area contributed by atoms with Crippen LogP contribution in [-0.4, -0.2) is 14.2 Å². The molecule has 0 bridgehead atoms. The Balaban J connectivity index is 1.67. The number of sulfone groups is 1. The van der Waals surface area contributed by atoms with Gasteiger partial charge in [-0.05, 0) is 55.4 Å². The molecule has 3 nitrogen and oxygen atoms in total. The maximum absolute atomic E-state index is 12.6. The van der Waals surface area contributed by atoms with Gasteiger partial charge in [0.15, 0.2) is 9.84 Å². The van der Waals surface area contributed by atoms with E-state index in [2.05, 4.69) is 0 Å². The Bertz CT molecular complexity index is 825. The normalized spacial score (nSPS) is 17.8. The van der Waals surface area contributed by atoms with Crippen LogP contribution in [0.1, 0.15) is 43.2 Å². The van der Waals surface area contributed by atoms with E-state index in [9.17, 15) is 13.2 Å². The summed E-state index contributed by atoms with van der Waals surface area (Å²) in [6.45, 7) is 0. The van der Waals surface area contributed by atoms with Gasteiger partial charge in [0.05, 0.1) is 10.6 Å². The molecule has 0 heterocycles. The molecule has 1 fully saturated rings. The van der Waals surface area contributed by atoms with Gasteiger partial charge >= 0.3 is 0 Å². The Morgan fingerprint density at radius 1 is 0.920 bits per heavy atom. The first-order valence-electron chi connectivity index (χ1n) is 8.93. The molecule has 1 atom stereocenters. The second kappa shape index (κ2) is 7.96. The number of aryl methyl sites for hydroxylation is 1. The standard InChI is InChI=1S/C21H24O3S/c22-21-15-7-12-18(21)11-6-10-17-8-4-5-9-19(17)16-25(23,24)20-13-2-1-3-14-20/h1-5,8-9,13-14,18H,6-7,10-12,15-16H2. The molecule has 1 aliphatic rings. The minimum Gasteiger partial charge on any atom is -0.299 e. The highest BCUT2D eigenvalue weighted by molar-refractivity contribution is 7.90. The zero-order valence-corrected chi connectivity index (χ0v) is 15.2. The van der Waals surface area contributed by atoms with E-state index in [1.165, 1.54) is 0 Å². The maximum Gasteiger partial charge on any atom is 0.182 e. The lowest BCUT2D eigenvalue weighted by atomic mass is 9.96. The number of rotatable bonds is 7. The van der Waals surface area contributed by atoms with E-state index in [1.807, 2.05) is 30.3 Å². The monoisotopic (exact) mass is 356 g/mol. The summed E-state index contributed by atoms with van der Waals surface area (Å²) in [6, 6.07) is 16.3. The molecule has 2 aromatic rings. The Hall–Kier alpha value is -1.94. The van der Waals surface area contributed by atoms with Crippen molar-refractivity contribution in [3.63, 3.8) is 0 Å². The SMILES string of the molecule is O=C1CCCC1CCCc1ccccc1CS(=O)(=O)c1ccccc1. The van der Waals surface area contributed by atoms with Gasteiger partial charge < -0.3 is 0 Å². The highest BCUT2D eigenvalue weighted by atomic mass is 32.2. The van der Waals surface area contributed by atoms with Crippen molar-refractivity contribution < 1.29 is 13.2 Å². The number of carbonyl (C=O) groups excluding carboxylic acids is 1. The van der Waals surface area contributed by atoms with Crippen LogP contribution < -0.4 is 0 Å². The van der Waals surface area contributed by atoms with Gasteiger partial charge in [-0.15, -0.1) is 0 Å². The van der Waals surface area contributed by atoms with E-state index in [4.69, 9.17) is 0 Å². The molecule has 132 valence electrons. The first kappa shape index (κ1) is 17.9. The van der Waals surface area contributed by atoms with Crippen LogP contribution in [0.4, 0.5) is 0 Å². The van der Waals surface area contributed by atoms with Crippen molar-refractivity contribution >= 4 is 15.6 Å². The molecule has 3 rings (SSSR count). The predicted octanol–water partition coefficient (Wildman–Crippen LogP) is 4.35. The Morgan fingerprint density at radius 2 is 1.60 bits per heavy atom. The smallest absolute Gasteiger partial charge is 0.182 e. The molecule has 1 saturated carbocycles. The number of ketones is 1. The molecule has 4 heteroatoms. The Kier molecular flexibility index (Phi) is 5.69. The summed E-state index contributed by atoms with van der Waals surface area (Å²) in [5.41, 5.74) is 1.94. The zero-order valence-electron chi connectivity index (χ0n) is 14.4. The van der Waals surface area contributed by atoms with Crippen molar-refractivity contribution in [1.29, 1.82) is 0 Å². The quantitative estimate of drug-likeness (QED) is 0.741. The molecular formula is C21H24O3S. The highest BCUT2D eigenvalue weighted by Gasteiger charge is 2.23. The van der Waals surface area contributed by atoms with Crippen molar-refractivity contribution in [3.05, 3.63) is 65.7 Å². The minimum absolute atomic E-state index is 0.0234. The Morgan fingerprint density at radius 3 is 2.28 bits per heavy atom. The molecule has 0 N–H and O–H groups in total. The summed E-state index contributed by atoms with van der Waals surface area (Å²) < 4.78 is 25.3. The number of hydrogen-bond acceptors (Lipinski definition) is 3. The average Bonchev–Trinajstić information content (AvgIpc) is 3.02. The fourth-order valence-corrected chi connectivity index (χ4v) is 5.02. The van der Waals surface area contributed by atoms with Crippen molar-refractivity contribution in [1.82, 2.24) is 0 Å². The fraction of sp³-hybridized carbons (Fsp3) is 0.381. The van der Waals surface area contributed by atoms with E-state index in [0.717, 1.165) is 49.7 Å². The van der Waals surface area contributed by atoms with Crippen LogP contribution >= 0.6 is 0 Å². The van der Waals surface area contributed by atoms with E-state index < -0.39 is 9.84 Å². The number of carbonyl (C=O) groups is 1. The van der Waals surface area contributed by atoms with Gasteiger partial charge in [-0.1, -0.05) is 42.5 Å². The highest BCUT2D eigenvalue weighted by Crippen LogP contribution is 2.27. The maximum atomic E-state index is 12.6. The van der Waals surface area contributed by atoms with E-state index >= 15 is 0 Å². The molecule has 0 radical (unpaired) electrons. The van der Waals surface area contributed by atoms with E-state index in [0.29, 0.717) is 10.7 Å². The largest absolute Gasteiger partial charge is 0.299 e. The summed E-state index contributed by atoms with van der Waals surface area (Å²) >= 11 is 0. The molecule has 0 saturated heterocycles. The third-order valence-electron chi connectivity index (χ3n) is 5.00. The Labute approximate surface area is 150 Å². The minimum atomic E-state index is -3.34. The fourth-order valence-electron chi connectivity index (χ4n) is 3.59. The van der Waals surface area contributed by atoms with Crippen molar-refractivity contribution in [2.24, 2.45) is 5.92 Å². The summed E-state index contributed by atoms with van der Waals surface area (Å²) in [7, 11) is -3.34. The van der Waals surface area contributed by atoms with Gasteiger partial charge in [0.25, 0.3) is 0 Å². The molecule has 0 amide bonds. The number of benzene rings is 2. The molecule has 0 spiro atoms. The van der Waals surface area contributed by atoms with Gasteiger partial charge in [0, 0.05) is 12.3 Å². The summed E-state index contributed by atoms with van der Waals surface area (Å²) in [6.07, 6.45) is 5.44. The van der Waals surface area contributed by atoms with E-state index in [-0.39, 0.29) is 11.7 Å². The number of Topliss-reactive ketones (excluding diaryl/α,β-unsaturated/α-hetero) is 1. The molecule has 25 heavy (non-hydrogen) atoms. The first-order valence-corrected chi connectivity index (χ1v) is 10.6. The van der Waals surface area contributed by atoms with Gasteiger partial charge in [0.1, 0.15) is 5.78 Å². The topological polar surface area (TPSA) is 51.2 Å². The lowest BCUT2D eigenvalue weighted by molar-refractivity contribution is -0.120. The zero-order chi connectivity index (χ0) is 17.7. The van der Waals surface area contributed by atoms with Crippen LogP contribution in [0.15, 0.2) is 59.5 Å². The molecule has 0 aliphatic heterocycles. The summed E-state index contributed by atoms with van der Waals surface area (Å²) in [5.74, 6) is 0.649. The van der Waals surface area contributed by atoms with Crippen LogP contribution in [0.25, 0.3) is 0 Å². The van der Waals surface area contributed by atoms with Gasteiger partial charge in [-0.2, -0.15) is 0 Å². The van der Waals surface area contributed by atoms with Gasteiger partial charge in [-0.3, -0.25) is 4.79 Å². The van der Waals surface area contributed by atoms with Crippen molar-refractivity contribution in [3.8, 4) is 0 Å². The average molecular weight is 356 g/mol. The van der Waals surface area contributed by atoms with Crippen LogP contribution in [0.5, 0.6) is 0 Å². The summed E-state index contributed by atoms with van der Waals surface area (Å²) in [4.78, 5) is 12.1. The number of hydrogen-bond donors (Lipinski definition) is 0. The lowest BCUT2D eigenvalue weighted by Crippen LogP contribution is -2.08. The molecule has 2 aromatic carbocycles. The van der Waals surface area contributed by atoms with Crippen LogP contribution in [-0.2, 0) is 26.8 Å². The lowest BCUT2D eigenvalue weighted by Gasteiger charge is -2.12. The van der Waals surface area contributed by atoms with Crippen LogP contribution in [0.3, 0.4) is 0 Å². The second-order valence-corrected chi connectivity index (χ2v) is 8.78. The first-order chi connectivity index (χ1) is 12.1. The van der Waals surface area contributed by atoms with Gasteiger partial charge in [-0.25, -0.2) is 8.42 Å². The third kappa shape index (κ3) is 4.57. The third-order valence-corrected chi connectivity index (χ3v) is 6.68. The molecule has 1 unspecified atom stereocenters. The van der Waals surface area contributed by atoms with E-state index in [1.54, 1.807) is 24.3 Å². The van der Waals surface area contributed by atoms with Crippen LogP contribution in [0, 0.1) is 5.92 Å². The van der Waals surface area contributed by atoms with Crippen molar-refractivity contribution in [2.45, 2.75) is 49.2 Å². The van der Waals surface area contributed by atoms with Crippen LogP contribution in [0.2, 0.25) is 0 Å². The summed E-state index contributed by atoms with van der Waals surface area (Å²) in [5, 5.41) is 0. The predicted molar refractivity (Wildman–Crippen MR) is 99.1 cm³/mol. The molecular weight excluding hydrogens is 332 g/mol.